The van der Waals surface area contributed by atoms with Gasteiger partial charge in [0.1, 0.15) is 0 Å². The molecule has 0 saturated carbocycles. The Kier molecular flexibility index (Phi) is 5.24. The van der Waals surface area contributed by atoms with E-state index in [1.807, 2.05) is 0 Å². The number of ether oxygens (including phenoxy) is 2. The summed E-state index contributed by atoms with van der Waals surface area (Å²) in [6.45, 7) is 0.284. The molecule has 0 spiro atoms. The van der Waals surface area contributed by atoms with Crippen molar-refractivity contribution in [1.29, 1.82) is 0 Å². The van der Waals surface area contributed by atoms with Crippen LogP contribution in [0.3, 0.4) is 0 Å². The molecule has 1 amide bonds. The summed E-state index contributed by atoms with van der Waals surface area (Å²) in [6, 6.07) is 11.5. The first-order chi connectivity index (χ1) is 12.4. The van der Waals surface area contributed by atoms with Gasteiger partial charge >= 0.3 is 0 Å². The van der Waals surface area contributed by atoms with Crippen LogP contribution in [-0.4, -0.2) is 40.5 Å². The fourth-order valence-corrected chi connectivity index (χ4v) is 3.68. The van der Waals surface area contributed by atoms with Crippen molar-refractivity contribution in [3.63, 3.8) is 0 Å². The van der Waals surface area contributed by atoms with Crippen LogP contribution in [0.25, 0.3) is 0 Å². The van der Waals surface area contributed by atoms with Crippen LogP contribution in [0.1, 0.15) is 10.4 Å². The van der Waals surface area contributed by atoms with Gasteiger partial charge in [-0.1, -0.05) is 23.7 Å². The average Bonchev–Trinajstić information content (AvgIpc) is 3.05. The Morgan fingerprint density at radius 2 is 1.92 bits per heavy atom. The third-order valence-electron chi connectivity index (χ3n) is 3.76. The van der Waals surface area contributed by atoms with Gasteiger partial charge in [0.2, 0.25) is 16.8 Å². The standard InChI is InChI=1S/C17H17ClN2O5S/c1-26(22,23)20(12-6-7-15-16(10-12)25-11-24-15)9-8-19-17(21)13-4-2-3-5-14(13)18/h2-7,10H,8-9,11H2,1H3,(H,19,21). The van der Waals surface area contributed by atoms with Gasteiger partial charge in [0.25, 0.3) is 5.91 Å². The Balaban J connectivity index is 1.70. The van der Waals surface area contributed by atoms with Crippen molar-refractivity contribution in [3.8, 4) is 11.5 Å². The zero-order valence-electron chi connectivity index (χ0n) is 13.9. The van der Waals surface area contributed by atoms with E-state index in [1.165, 1.54) is 4.31 Å². The second-order valence-electron chi connectivity index (χ2n) is 5.61. The molecule has 7 nitrogen and oxygen atoms in total. The molecule has 138 valence electrons. The maximum absolute atomic E-state index is 12.2. The van der Waals surface area contributed by atoms with Crippen molar-refractivity contribution in [2.24, 2.45) is 0 Å². The highest BCUT2D eigenvalue weighted by atomic mass is 35.5. The number of carbonyl (C=O) groups excluding carboxylic acids is 1. The van der Waals surface area contributed by atoms with E-state index in [0.717, 1.165) is 6.26 Å². The first-order valence-electron chi connectivity index (χ1n) is 7.76. The van der Waals surface area contributed by atoms with Crippen molar-refractivity contribution in [2.75, 3.05) is 30.4 Å². The van der Waals surface area contributed by atoms with Crippen LogP contribution in [0.15, 0.2) is 42.5 Å². The molecule has 0 atom stereocenters. The van der Waals surface area contributed by atoms with Gasteiger partial charge in [-0.25, -0.2) is 8.42 Å². The number of amides is 1. The van der Waals surface area contributed by atoms with E-state index in [1.54, 1.807) is 42.5 Å². The summed E-state index contributed by atoms with van der Waals surface area (Å²) < 4.78 is 36.0. The van der Waals surface area contributed by atoms with E-state index in [4.69, 9.17) is 21.1 Å². The van der Waals surface area contributed by atoms with E-state index in [-0.39, 0.29) is 25.8 Å². The van der Waals surface area contributed by atoms with Crippen LogP contribution >= 0.6 is 11.6 Å². The van der Waals surface area contributed by atoms with E-state index in [2.05, 4.69) is 5.32 Å². The lowest BCUT2D eigenvalue weighted by atomic mass is 10.2. The monoisotopic (exact) mass is 396 g/mol. The Morgan fingerprint density at radius 1 is 1.19 bits per heavy atom. The molecular formula is C17H17ClN2O5S. The number of anilines is 1. The molecule has 0 aliphatic carbocycles. The number of fused-ring (bicyclic) bond motifs is 1. The van der Waals surface area contributed by atoms with Gasteiger partial charge in [-0.3, -0.25) is 9.10 Å². The highest BCUT2D eigenvalue weighted by Gasteiger charge is 2.21. The molecular weight excluding hydrogens is 380 g/mol. The summed E-state index contributed by atoms with van der Waals surface area (Å²) in [5.74, 6) is 0.681. The smallest absolute Gasteiger partial charge is 0.252 e. The predicted octanol–water partition coefficient (Wildman–Crippen LogP) is 2.26. The lowest BCUT2D eigenvalue weighted by molar-refractivity contribution is 0.0955. The van der Waals surface area contributed by atoms with Crippen molar-refractivity contribution in [2.45, 2.75) is 0 Å². The summed E-state index contributed by atoms with van der Waals surface area (Å²) in [7, 11) is -3.55. The van der Waals surface area contributed by atoms with E-state index in [9.17, 15) is 13.2 Å². The molecule has 26 heavy (non-hydrogen) atoms. The second kappa shape index (κ2) is 7.43. The Morgan fingerprint density at radius 3 is 2.65 bits per heavy atom. The van der Waals surface area contributed by atoms with Crippen molar-refractivity contribution in [3.05, 3.63) is 53.1 Å². The predicted molar refractivity (Wildman–Crippen MR) is 98.5 cm³/mol. The summed E-state index contributed by atoms with van der Waals surface area (Å²) in [4.78, 5) is 12.2. The number of hydrogen-bond acceptors (Lipinski definition) is 5. The van der Waals surface area contributed by atoms with E-state index in [0.29, 0.717) is 27.8 Å². The Hall–Kier alpha value is -2.45. The molecule has 1 aliphatic rings. The summed E-state index contributed by atoms with van der Waals surface area (Å²) in [5, 5.41) is 3.01. The fourth-order valence-electron chi connectivity index (χ4n) is 2.54. The number of nitrogens with zero attached hydrogens (tertiary/aromatic N) is 1. The summed E-state index contributed by atoms with van der Waals surface area (Å²) in [5.41, 5.74) is 0.770. The molecule has 0 saturated heterocycles. The van der Waals surface area contributed by atoms with Gasteiger partial charge in [0.05, 0.1) is 29.1 Å². The topological polar surface area (TPSA) is 84.9 Å². The molecule has 1 aliphatic heterocycles. The van der Waals surface area contributed by atoms with Crippen LogP contribution in [0.2, 0.25) is 5.02 Å². The maximum atomic E-state index is 12.2. The average molecular weight is 397 g/mol. The van der Waals surface area contributed by atoms with Gasteiger partial charge in [-0.2, -0.15) is 0 Å². The third-order valence-corrected chi connectivity index (χ3v) is 5.29. The quantitative estimate of drug-likeness (QED) is 0.809. The van der Waals surface area contributed by atoms with Gasteiger partial charge < -0.3 is 14.8 Å². The minimum Gasteiger partial charge on any atom is -0.454 e. The van der Waals surface area contributed by atoms with Crippen LogP contribution < -0.4 is 19.1 Å². The first-order valence-corrected chi connectivity index (χ1v) is 9.99. The Labute approximate surface area is 156 Å². The molecule has 9 heteroatoms. The molecule has 0 fully saturated rings. The molecule has 0 bridgehead atoms. The minimum atomic E-state index is -3.55. The SMILES string of the molecule is CS(=O)(=O)N(CCNC(=O)c1ccccc1Cl)c1ccc2c(c1)OCO2. The van der Waals surface area contributed by atoms with Crippen molar-refractivity contribution < 1.29 is 22.7 Å². The second-order valence-corrected chi connectivity index (χ2v) is 7.92. The number of rotatable bonds is 6. The third kappa shape index (κ3) is 4.03. The van der Waals surface area contributed by atoms with Gasteiger partial charge in [-0.15, -0.1) is 0 Å². The van der Waals surface area contributed by atoms with Crippen molar-refractivity contribution in [1.82, 2.24) is 5.32 Å². The summed E-state index contributed by atoms with van der Waals surface area (Å²) in [6.07, 6.45) is 1.10. The van der Waals surface area contributed by atoms with Gasteiger partial charge in [0, 0.05) is 12.6 Å². The first kappa shape index (κ1) is 18.3. The highest BCUT2D eigenvalue weighted by Crippen LogP contribution is 2.35. The molecule has 3 rings (SSSR count). The van der Waals surface area contributed by atoms with Gasteiger partial charge in [-0.05, 0) is 24.3 Å². The molecule has 2 aromatic rings. The molecule has 0 aromatic heterocycles. The zero-order chi connectivity index (χ0) is 18.7. The lowest BCUT2D eigenvalue weighted by Crippen LogP contribution is -2.38. The Bertz CT molecular complexity index is 933. The largest absolute Gasteiger partial charge is 0.454 e. The highest BCUT2D eigenvalue weighted by molar-refractivity contribution is 7.92. The van der Waals surface area contributed by atoms with Crippen LogP contribution in [0.5, 0.6) is 11.5 Å². The normalized spacial score (nSPS) is 12.7. The zero-order valence-corrected chi connectivity index (χ0v) is 15.5. The van der Waals surface area contributed by atoms with E-state index >= 15 is 0 Å². The number of sulfonamides is 1. The fraction of sp³-hybridized carbons (Fsp3) is 0.235. The number of hydrogen-bond donors (Lipinski definition) is 1. The number of benzene rings is 2. The minimum absolute atomic E-state index is 0.0642. The molecule has 1 N–H and O–H groups in total. The van der Waals surface area contributed by atoms with Crippen LogP contribution in [0, 0.1) is 0 Å². The van der Waals surface area contributed by atoms with Crippen LogP contribution in [0.4, 0.5) is 5.69 Å². The molecule has 2 aromatic carbocycles. The lowest BCUT2D eigenvalue weighted by Gasteiger charge is -2.22. The number of nitrogens with one attached hydrogen (secondary N) is 1. The number of carbonyl (C=O) groups is 1. The molecule has 0 radical (unpaired) electrons. The van der Waals surface area contributed by atoms with Crippen LogP contribution in [-0.2, 0) is 10.0 Å². The summed E-state index contributed by atoms with van der Waals surface area (Å²) >= 11 is 5.99. The van der Waals surface area contributed by atoms with Crippen molar-refractivity contribution >= 4 is 33.2 Å². The maximum Gasteiger partial charge on any atom is 0.252 e. The van der Waals surface area contributed by atoms with E-state index < -0.39 is 10.0 Å². The molecule has 1 heterocycles. The van der Waals surface area contributed by atoms with Gasteiger partial charge in [0.15, 0.2) is 11.5 Å². The molecule has 0 unspecified atom stereocenters. The number of halogens is 1.